The number of esters is 1. The van der Waals surface area contributed by atoms with Gasteiger partial charge in [-0.2, -0.15) is 0 Å². The maximum absolute atomic E-state index is 12.8. The topological polar surface area (TPSA) is 26.3 Å². The predicted octanol–water partition coefficient (Wildman–Crippen LogP) is 9.40. The molecular weight excluding hydrogens is 440 g/mol. The molecule has 1 aromatic rings. The van der Waals surface area contributed by atoms with E-state index >= 15 is 0 Å². The van der Waals surface area contributed by atoms with Crippen LogP contribution in [0.25, 0.3) is 0 Å². The molecule has 2 nitrogen and oxygen atoms in total. The summed E-state index contributed by atoms with van der Waals surface area (Å²) in [5, 5.41) is 0. The third kappa shape index (κ3) is 4.92. The molecule has 0 saturated heterocycles. The summed E-state index contributed by atoms with van der Waals surface area (Å²) in [6.07, 6.45) is 17.9. The van der Waals surface area contributed by atoms with E-state index in [2.05, 4.69) is 34.6 Å². The van der Waals surface area contributed by atoms with Gasteiger partial charge in [0.05, 0.1) is 5.56 Å². The normalized spacial score (nSPS) is 39.8. The number of unbranched alkanes of at least 4 members (excludes halogenated alkanes) is 1. The lowest BCUT2D eigenvalue weighted by molar-refractivity contribution is -0.128. The average Bonchev–Trinajstić information content (AvgIpc) is 3.18. The average molecular weight is 493 g/mol. The van der Waals surface area contributed by atoms with Gasteiger partial charge in [0, 0.05) is 0 Å². The SMILES string of the molecule is Cc1ccc(C(=O)OC2CC[C@@]3(C)C(CC[C@H]4[C@@H]5CC[C@H](CCCCC(C)C)[C@@]5(C)CC[C@@H]43)C2)cc1. The van der Waals surface area contributed by atoms with Crippen molar-refractivity contribution in [3.8, 4) is 0 Å². The van der Waals surface area contributed by atoms with Crippen molar-refractivity contribution in [2.45, 2.75) is 124 Å². The lowest BCUT2D eigenvalue weighted by Gasteiger charge is -2.61. The summed E-state index contributed by atoms with van der Waals surface area (Å²) in [5.74, 6) is 5.21. The zero-order valence-corrected chi connectivity index (χ0v) is 23.9. The van der Waals surface area contributed by atoms with Crippen LogP contribution in [0.4, 0.5) is 0 Å². The number of hydrogen-bond acceptors (Lipinski definition) is 2. The molecule has 0 heterocycles. The van der Waals surface area contributed by atoms with E-state index in [1.165, 1.54) is 76.2 Å². The molecule has 0 aliphatic heterocycles. The van der Waals surface area contributed by atoms with E-state index in [0.29, 0.717) is 16.4 Å². The summed E-state index contributed by atoms with van der Waals surface area (Å²) < 4.78 is 6.07. The van der Waals surface area contributed by atoms with Crippen molar-refractivity contribution in [1.29, 1.82) is 0 Å². The standard InChI is InChI=1S/C34H52O2/c1-23(2)8-6-7-9-26-15-17-30-29-16-14-27-22-28(36-32(35)25-12-10-24(3)11-13-25)18-20-34(27,5)31(29)19-21-33(26,30)4/h10-13,23,26-31H,6-9,14-22H2,1-5H3/t26-,27?,28?,29-,30-,31-,33+,34-/m0/s1. The monoisotopic (exact) mass is 492 g/mol. The van der Waals surface area contributed by atoms with E-state index in [9.17, 15) is 4.79 Å². The highest BCUT2D eigenvalue weighted by atomic mass is 16.5. The van der Waals surface area contributed by atoms with Crippen molar-refractivity contribution >= 4 is 5.97 Å². The highest BCUT2D eigenvalue weighted by Gasteiger charge is 2.60. The van der Waals surface area contributed by atoms with Gasteiger partial charge in [-0.25, -0.2) is 4.79 Å². The van der Waals surface area contributed by atoms with Crippen LogP contribution in [0.1, 0.15) is 127 Å². The second-order valence-corrected chi connectivity index (χ2v) is 14.3. The zero-order valence-electron chi connectivity index (χ0n) is 23.9. The van der Waals surface area contributed by atoms with Crippen molar-refractivity contribution in [3.05, 3.63) is 35.4 Å². The molecule has 0 radical (unpaired) electrons. The second-order valence-electron chi connectivity index (χ2n) is 14.3. The number of carbonyl (C=O) groups excluding carboxylic acids is 1. The van der Waals surface area contributed by atoms with Gasteiger partial charge in [0.1, 0.15) is 6.10 Å². The van der Waals surface area contributed by atoms with Crippen molar-refractivity contribution in [2.75, 3.05) is 0 Å². The first-order chi connectivity index (χ1) is 17.2. The minimum absolute atomic E-state index is 0.101. The summed E-state index contributed by atoms with van der Waals surface area (Å²) in [4.78, 5) is 12.8. The molecule has 0 bridgehead atoms. The molecule has 0 aromatic heterocycles. The summed E-state index contributed by atoms with van der Waals surface area (Å²) in [6.45, 7) is 12.1. The molecular formula is C34H52O2. The minimum atomic E-state index is -0.129. The molecule has 4 aliphatic rings. The molecule has 4 aliphatic carbocycles. The summed E-state index contributed by atoms with van der Waals surface area (Å²) in [5.41, 5.74) is 2.93. The molecule has 4 fully saturated rings. The number of aryl methyl sites for hydroxylation is 1. The molecule has 2 heteroatoms. The van der Waals surface area contributed by atoms with E-state index in [4.69, 9.17) is 4.74 Å². The van der Waals surface area contributed by atoms with Crippen LogP contribution in [0, 0.1) is 53.3 Å². The van der Waals surface area contributed by atoms with Crippen LogP contribution in [0.5, 0.6) is 0 Å². The Labute approximate surface area is 221 Å². The molecule has 4 saturated carbocycles. The van der Waals surface area contributed by atoms with Gasteiger partial charge < -0.3 is 4.74 Å². The summed E-state index contributed by atoms with van der Waals surface area (Å²) in [7, 11) is 0. The molecule has 36 heavy (non-hydrogen) atoms. The van der Waals surface area contributed by atoms with Crippen LogP contribution in [0.15, 0.2) is 24.3 Å². The van der Waals surface area contributed by atoms with Gasteiger partial charge >= 0.3 is 5.97 Å². The maximum atomic E-state index is 12.8. The van der Waals surface area contributed by atoms with Crippen LogP contribution >= 0.6 is 0 Å². The zero-order chi connectivity index (χ0) is 25.5. The van der Waals surface area contributed by atoms with E-state index in [1.807, 2.05) is 24.3 Å². The predicted molar refractivity (Wildman–Crippen MR) is 149 cm³/mol. The van der Waals surface area contributed by atoms with Gasteiger partial charge in [-0.1, -0.05) is 64.7 Å². The van der Waals surface area contributed by atoms with Crippen molar-refractivity contribution in [1.82, 2.24) is 0 Å². The van der Waals surface area contributed by atoms with Crippen LogP contribution in [0.2, 0.25) is 0 Å². The van der Waals surface area contributed by atoms with Crippen molar-refractivity contribution < 1.29 is 9.53 Å². The van der Waals surface area contributed by atoms with Gasteiger partial charge in [0.25, 0.3) is 0 Å². The number of rotatable bonds is 7. The fraction of sp³-hybridized carbons (Fsp3) is 0.794. The molecule has 2 unspecified atom stereocenters. The number of fused-ring (bicyclic) bond motifs is 5. The Balaban J connectivity index is 1.20. The Morgan fingerprint density at radius 1 is 0.917 bits per heavy atom. The van der Waals surface area contributed by atoms with E-state index in [1.54, 1.807) is 0 Å². The fourth-order valence-corrected chi connectivity index (χ4v) is 9.76. The van der Waals surface area contributed by atoms with Gasteiger partial charge in [-0.15, -0.1) is 0 Å². The van der Waals surface area contributed by atoms with Gasteiger partial charge in [0.2, 0.25) is 0 Å². The Morgan fingerprint density at radius 2 is 1.64 bits per heavy atom. The molecule has 0 amide bonds. The van der Waals surface area contributed by atoms with Crippen LogP contribution in [-0.2, 0) is 4.74 Å². The van der Waals surface area contributed by atoms with Gasteiger partial charge in [-0.3, -0.25) is 0 Å². The largest absolute Gasteiger partial charge is 0.459 e. The number of ether oxygens (including phenoxy) is 1. The smallest absolute Gasteiger partial charge is 0.338 e. The molecule has 200 valence electrons. The highest BCUT2D eigenvalue weighted by Crippen LogP contribution is 2.68. The molecule has 1 aromatic carbocycles. The number of carbonyl (C=O) groups is 1. The Morgan fingerprint density at radius 3 is 2.39 bits per heavy atom. The summed E-state index contributed by atoms with van der Waals surface area (Å²) >= 11 is 0. The van der Waals surface area contributed by atoms with Crippen LogP contribution in [-0.4, -0.2) is 12.1 Å². The van der Waals surface area contributed by atoms with Crippen LogP contribution < -0.4 is 0 Å². The molecule has 0 N–H and O–H groups in total. The Hall–Kier alpha value is -1.31. The lowest BCUT2D eigenvalue weighted by atomic mass is 9.44. The Kier molecular flexibility index (Phi) is 7.64. The second kappa shape index (κ2) is 10.5. The van der Waals surface area contributed by atoms with Gasteiger partial charge in [-0.05, 0) is 130 Å². The molecule has 8 atom stereocenters. The van der Waals surface area contributed by atoms with E-state index in [-0.39, 0.29) is 12.1 Å². The molecule has 0 spiro atoms. The lowest BCUT2D eigenvalue weighted by Crippen LogP contribution is -2.54. The maximum Gasteiger partial charge on any atom is 0.338 e. The number of hydrogen-bond donors (Lipinski definition) is 0. The minimum Gasteiger partial charge on any atom is -0.459 e. The molecule has 5 rings (SSSR count). The summed E-state index contributed by atoms with van der Waals surface area (Å²) in [6, 6.07) is 7.83. The van der Waals surface area contributed by atoms with Gasteiger partial charge in [0.15, 0.2) is 0 Å². The first kappa shape index (κ1) is 26.3. The van der Waals surface area contributed by atoms with E-state index in [0.717, 1.165) is 48.3 Å². The highest BCUT2D eigenvalue weighted by molar-refractivity contribution is 5.89. The Bertz CT molecular complexity index is 902. The van der Waals surface area contributed by atoms with Crippen LogP contribution in [0.3, 0.4) is 0 Å². The van der Waals surface area contributed by atoms with Crippen molar-refractivity contribution in [2.24, 2.45) is 46.3 Å². The third-order valence-corrected chi connectivity index (χ3v) is 12.0. The first-order valence-corrected chi connectivity index (χ1v) is 15.5. The first-order valence-electron chi connectivity index (χ1n) is 15.5. The fourth-order valence-electron chi connectivity index (χ4n) is 9.76. The number of benzene rings is 1. The third-order valence-electron chi connectivity index (χ3n) is 12.0. The quantitative estimate of drug-likeness (QED) is 0.280. The van der Waals surface area contributed by atoms with Crippen molar-refractivity contribution in [3.63, 3.8) is 0 Å². The van der Waals surface area contributed by atoms with E-state index < -0.39 is 0 Å².